The number of pyridine rings is 1. The van der Waals surface area contributed by atoms with E-state index in [9.17, 15) is 0 Å². The first-order valence-corrected chi connectivity index (χ1v) is 16.4. The van der Waals surface area contributed by atoms with Crippen LogP contribution in [0.15, 0.2) is 46.4 Å². The van der Waals surface area contributed by atoms with Gasteiger partial charge in [-0.3, -0.25) is 9.98 Å². The molecule has 1 radical (unpaired) electrons. The van der Waals surface area contributed by atoms with Crippen LogP contribution >= 0.6 is 11.6 Å². The van der Waals surface area contributed by atoms with E-state index in [1.807, 2.05) is 24.6 Å². The Morgan fingerprint density at radius 1 is 0.511 bits per heavy atom. The van der Waals surface area contributed by atoms with E-state index in [0.717, 1.165) is 99.8 Å². The monoisotopic (exact) mass is 818 g/mol. The molecule has 3 aromatic rings. The maximum atomic E-state index is 6.59. The van der Waals surface area contributed by atoms with Gasteiger partial charge in [0.05, 0.1) is 35.2 Å². The van der Waals surface area contributed by atoms with E-state index in [0.29, 0.717) is 5.02 Å². The Balaban J connectivity index is 0. The van der Waals surface area contributed by atoms with Crippen molar-refractivity contribution >= 4 is 35.4 Å². The maximum Gasteiger partial charge on any atom is 3.00 e. The van der Waals surface area contributed by atoms with Crippen molar-refractivity contribution in [2.45, 2.75) is 119 Å². The number of halogens is 4. The molecule has 8 heteroatoms. The van der Waals surface area contributed by atoms with Gasteiger partial charge in [0.15, 0.2) is 0 Å². The number of aliphatic imine (C=N–C) groups is 2. The Morgan fingerprint density at radius 2 is 0.800 bits per heavy atom. The zero-order chi connectivity index (χ0) is 29.6. The second kappa shape index (κ2) is 25.5. The second-order valence-electron chi connectivity index (χ2n) is 11.2. The summed E-state index contributed by atoms with van der Waals surface area (Å²) in [6, 6.07) is 13.2. The SMILES string of the molecule is CCCc1cc(CCC)c(N=Cc2cc(Cl)cc(C=Nc3c(CCC)cc(CCC)cc3CCC)n2)c(CCC)c1.[Cl-].[Cl-].[Cl-].[Nd+3]. The van der Waals surface area contributed by atoms with Gasteiger partial charge in [-0.15, -0.1) is 0 Å². The third-order valence-corrected chi connectivity index (χ3v) is 7.51. The Hall–Kier alpha value is -0.559. The maximum absolute atomic E-state index is 6.59. The fourth-order valence-corrected chi connectivity index (χ4v) is 5.86. The van der Waals surface area contributed by atoms with Gasteiger partial charge >= 0.3 is 40.8 Å². The number of aryl methyl sites for hydroxylation is 6. The van der Waals surface area contributed by atoms with Crippen molar-refractivity contribution in [1.82, 2.24) is 4.98 Å². The fraction of sp³-hybridized carbons (Fsp3) is 0.486. The zero-order valence-corrected chi connectivity index (χ0v) is 34.2. The molecule has 2 aromatic carbocycles. The molecule has 0 fully saturated rings. The molecule has 0 atom stereocenters. The number of rotatable bonds is 16. The Morgan fingerprint density at radius 3 is 1.07 bits per heavy atom. The van der Waals surface area contributed by atoms with E-state index in [4.69, 9.17) is 26.6 Å². The number of nitrogens with zero attached hydrogens (tertiary/aromatic N) is 3. The summed E-state index contributed by atoms with van der Waals surface area (Å²) in [5.74, 6) is 0. The van der Waals surface area contributed by atoms with Crippen molar-refractivity contribution in [3.63, 3.8) is 0 Å². The van der Waals surface area contributed by atoms with E-state index in [2.05, 4.69) is 65.8 Å². The second-order valence-corrected chi connectivity index (χ2v) is 11.6. The Bertz CT molecular complexity index is 1190. The van der Waals surface area contributed by atoms with Crippen LogP contribution in [-0.4, -0.2) is 17.4 Å². The topological polar surface area (TPSA) is 37.6 Å². The molecule has 0 N–H and O–H groups in total. The van der Waals surface area contributed by atoms with Gasteiger partial charge < -0.3 is 37.2 Å². The van der Waals surface area contributed by atoms with Gasteiger partial charge in [0.1, 0.15) is 0 Å². The Labute approximate surface area is 330 Å². The average molecular weight is 823 g/mol. The van der Waals surface area contributed by atoms with Crippen LogP contribution in [0.4, 0.5) is 11.4 Å². The molecule has 0 unspecified atom stereocenters. The molecule has 0 aliphatic carbocycles. The minimum Gasteiger partial charge on any atom is -1.00 e. The molecule has 45 heavy (non-hydrogen) atoms. The number of aromatic nitrogens is 1. The molecule has 0 saturated heterocycles. The molecule has 3 rings (SSSR count). The summed E-state index contributed by atoms with van der Waals surface area (Å²) in [6.45, 7) is 13.4. The molecule has 0 bridgehead atoms. The minimum atomic E-state index is 0. The molecule has 0 aliphatic heterocycles. The third kappa shape index (κ3) is 14.6. The van der Waals surface area contributed by atoms with Gasteiger partial charge in [0.2, 0.25) is 0 Å². The first-order chi connectivity index (χ1) is 20.0. The fourth-order valence-electron chi connectivity index (χ4n) is 5.63. The van der Waals surface area contributed by atoms with Crippen molar-refractivity contribution < 1.29 is 78.1 Å². The van der Waals surface area contributed by atoms with Crippen molar-refractivity contribution in [1.29, 1.82) is 0 Å². The molecular weight excluding hydrogens is 772 g/mol. The number of benzene rings is 2. The molecule has 0 aliphatic rings. The van der Waals surface area contributed by atoms with Crippen LogP contribution in [0.5, 0.6) is 0 Å². The van der Waals surface area contributed by atoms with Crippen LogP contribution in [0.1, 0.15) is 125 Å². The minimum absolute atomic E-state index is 0. The summed E-state index contributed by atoms with van der Waals surface area (Å²) in [6.07, 6.45) is 16.8. The van der Waals surface area contributed by atoms with Crippen LogP contribution in [0.3, 0.4) is 0 Å². The van der Waals surface area contributed by atoms with Crippen molar-refractivity contribution in [2.24, 2.45) is 9.98 Å². The first-order valence-electron chi connectivity index (χ1n) is 16.0. The molecule has 1 aromatic heterocycles. The van der Waals surface area contributed by atoms with Crippen LogP contribution in [0.2, 0.25) is 5.02 Å². The quantitative estimate of drug-likeness (QED) is 0.204. The number of hydrogen-bond donors (Lipinski definition) is 0. The summed E-state index contributed by atoms with van der Waals surface area (Å²) >= 11 is 6.59. The van der Waals surface area contributed by atoms with E-state index in [-0.39, 0.29) is 78.1 Å². The van der Waals surface area contributed by atoms with Crippen molar-refractivity contribution in [2.75, 3.05) is 0 Å². The smallest absolute Gasteiger partial charge is 1.00 e. The summed E-state index contributed by atoms with van der Waals surface area (Å²) in [5, 5.41) is 0.643. The third-order valence-electron chi connectivity index (χ3n) is 7.29. The van der Waals surface area contributed by atoms with Gasteiger partial charge in [-0.05, 0) is 84.0 Å². The molecular formula is C37H50Cl4N3Nd. The zero-order valence-electron chi connectivity index (χ0n) is 28.0. The van der Waals surface area contributed by atoms with Crippen LogP contribution < -0.4 is 37.2 Å². The normalized spacial score (nSPS) is 10.7. The molecule has 0 saturated carbocycles. The molecule has 245 valence electrons. The van der Waals surface area contributed by atoms with E-state index >= 15 is 0 Å². The van der Waals surface area contributed by atoms with Gasteiger partial charge in [0, 0.05) is 5.02 Å². The average Bonchev–Trinajstić information content (AvgIpc) is 2.93. The van der Waals surface area contributed by atoms with Gasteiger partial charge in [-0.2, -0.15) is 0 Å². The van der Waals surface area contributed by atoms with Crippen molar-refractivity contribution in [3.8, 4) is 0 Å². The first kappa shape index (κ1) is 46.6. The van der Waals surface area contributed by atoms with Crippen LogP contribution in [0, 0.1) is 40.8 Å². The predicted molar refractivity (Wildman–Crippen MR) is 181 cm³/mol. The van der Waals surface area contributed by atoms with Gasteiger partial charge in [-0.1, -0.05) is 116 Å². The number of hydrogen-bond acceptors (Lipinski definition) is 3. The summed E-state index contributed by atoms with van der Waals surface area (Å²) in [5.41, 5.74) is 11.9. The summed E-state index contributed by atoms with van der Waals surface area (Å²) in [7, 11) is 0. The summed E-state index contributed by atoms with van der Waals surface area (Å²) in [4.78, 5) is 14.9. The molecule has 0 amide bonds. The standard InChI is InChI=1S/C37H50ClN3.3ClH.Nd/c1-7-13-27-19-29(15-9-3)36(30(20-27)16-10-4)39-25-34-23-33(38)24-35(41-34)26-40-37-31(17-11-5)21-28(14-8-2)22-32(37)18-12-6;;;;/h19-26H,7-18H2,1-6H3;3*1H;/q;;;;+3/p-3. The summed E-state index contributed by atoms with van der Waals surface area (Å²) < 4.78 is 0. The van der Waals surface area contributed by atoms with Crippen LogP contribution in [-0.2, 0) is 38.5 Å². The van der Waals surface area contributed by atoms with E-state index in [1.54, 1.807) is 0 Å². The van der Waals surface area contributed by atoms with E-state index in [1.165, 1.54) is 33.4 Å². The van der Waals surface area contributed by atoms with Crippen molar-refractivity contribution in [3.05, 3.63) is 86.2 Å². The largest absolute Gasteiger partial charge is 3.00 e. The molecule has 0 spiro atoms. The van der Waals surface area contributed by atoms with Crippen LogP contribution in [0.25, 0.3) is 0 Å². The predicted octanol–water partition coefficient (Wildman–Crippen LogP) is 1.96. The van der Waals surface area contributed by atoms with Gasteiger partial charge in [0.25, 0.3) is 0 Å². The molecule has 1 heterocycles. The van der Waals surface area contributed by atoms with E-state index < -0.39 is 0 Å². The molecule has 3 nitrogen and oxygen atoms in total. The van der Waals surface area contributed by atoms with Gasteiger partial charge in [-0.25, -0.2) is 4.98 Å². The Kier molecular flexibility index (Phi) is 26.3.